The SMILES string of the molecule is Cl.Nc1cccc2c1CCCN2C(=O)C1CCCN(C(=O)COc2ccccc2)C1. The van der Waals surface area contributed by atoms with Crippen LogP contribution in [-0.2, 0) is 16.0 Å². The zero-order valence-electron chi connectivity index (χ0n) is 17.0. The van der Waals surface area contributed by atoms with Crippen LogP contribution in [0.5, 0.6) is 5.75 Å². The van der Waals surface area contributed by atoms with Crippen molar-refractivity contribution in [1.82, 2.24) is 4.90 Å². The molecule has 1 atom stereocenters. The van der Waals surface area contributed by atoms with Gasteiger partial charge in [-0.05, 0) is 55.5 Å². The molecule has 2 amide bonds. The van der Waals surface area contributed by atoms with Gasteiger partial charge in [0.05, 0.1) is 5.92 Å². The van der Waals surface area contributed by atoms with Gasteiger partial charge in [0.15, 0.2) is 6.61 Å². The van der Waals surface area contributed by atoms with E-state index >= 15 is 0 Å². The van der Waals surface area contributed by atoms with Gasteiger partial charge in [-0.15, -0.1) is 12.4 Å². The molecule has 4 rings (SSSR count). The molecule has 2 heterocycles. The van der Waals surface area contributed by atoms with Crippen LogP contribution >= 0.6 is 12.4 Å². The number of benzene rings is 2. The molecular weight excluding hydrogens is 402 g/mol. The van der Waals surface area contributed by atoms with Crippen molar-refractivity contribution in [3.05, 3.63) is 54.1 Å². The highest BCUT2D eigenvalue weighted by atomic mass is 35.5. The molecule has 0 aliphatic carbocycles. The van der Waals surface area contributed by atoms with Gasteiger partial charge in [-0.25, -0.2) is 0 Å². The van der Waals surface area contributed by atoms with Crippen LogP contribution in [0.4, 0.5) is 11.4 Å². The number of carbonyl (C=O) groups excluding carboxylic acids is 2. The number of hydrogen-bond acceptors (Lipinski definition) is 4. The summed E-state index contributed by atoms with van der Waals surface area (Å²) in [6.45, 7) is 1.82. The number of para-hydroxylation sites is 1. The van der Waals surface area contributed by atoms with E-state index in [1.807, 2.05) is 53.4 Å². The maximum absolute atomic E-state index is 13.3. The summed E-state index contributed by atoms with van der Waals surface area (Å²) < 4.78 is 5.59. The summed E-state index contributed by atoms with van der Waals surface area (Å²) in [5, 5.41) is 0. The summed E-state index contributed by atoms with van der Waals surface area (Å²) in [6.07, 6.45) is 3.44. The Labute approximate surface area is 183 Å². The molecule has 160 valence electrons. The average Bonchev–Trinajstić information content (AvgIpc) is 2.78. The van der Waals surface area contributed by atoms with Crippen LogP contribution in [0.2, 0.25) is 0 Å². The number of anilines is 2. The second-order valence-electron chi connectivity index (χ2n) is 7.72. The molecule has 2 aliphatic heterocycles. The van der Waals surface area contributed by atoms with Gasteiger partial charge in [-0.1, -0.05) is 24.3 Å². The lowest BCUT2D eigenvalue weighted by molar-refractivity contribution is -0.137. The number of halogens is 1. The van der Waals surface area contributed by atoms with Crippen molar-refractivity contribution in [2.75, 3.05) is 36.9 Å². The third-order valence-electron chi connectivity index (χ3n) is 5.78. The Morgan fingerprint density at radius 1 is 1.03 bits per heavy atom. The molecule has 0 aromatic heterocycles. The Morgan fingerprint density at radius 2 is 1.83 bits per heavy atom. The Balaban J connectivity index is 0.00000256. The molecule has 0 bridgehead atoms. The fraction of sp³-hybridized carbons (Fsp3) is 0.391. The number of hydrogen-bond donors (Lipinski definition) is 1. The van der Waals surface area contributed by atoms with Gasteiger partial charge in [-0.3, -0.25) is 9.59 Å². The Kier molecular flexibility index (Phi) is 7.21. The van der Waals surface area contributed by atoms with Crippen LogP contribution in [0.25, 0.3) is 0 Å². The van der Waals surface area contributed by atoms with E-state index in [2.05, 4.69) is 0 Å². The highest BCUT2D eigenvalue weighted by molar-refractivity contribution is 5.97. The summed E-state index contributed by atoms with van der Waals surface area (Å²) in [5.74, 6) is 0.512. The van der Waals surface area contributed by atoms with Crippen molar-refractivity contribution in [1.29, 1.82) is 0 Å². The standard InChI is InChI=1S/C23H27N3O3.ClH/c24-20-11-4-12-21-19(20)10-6-14-26(21)23(28)17-7-5-13-25(15-17)22(27)16-29-18-8-2-1-3-9-18;/h1-4,8-9,11-12,17H,5-7,10,13-16,24H2;1H. The van der Waals surface area contributed by atoms with Crippen molar-refractivity contribution in [2.45, 2.75) is 25.7 Å². The third kappa shape index (κ3) is 4.70. The lowest BCUT2D eigenvalue weighted by Gasteiger charge is -2.37. The van der Waals surface area contributed by atoms with E-state index in [1.54, 1.807) is 4.90 Å². The van der Waals surface area contributed by atoms with Gasteiger partial charge in [0.1, 0.15) is 5.75 Å². The van der Waals surface area contributed by atoms with E-state index in [1.165, 1.54) is 0 Å². The second kappa shape index (κ2) is 9.85. The molecule has 6 nitrogen and oxygen atoms in total. The molecule has 2 aliphatic rings. The van der Waals surface area contributed by atoms with E-state index in [9.17, 15) is 9.59 Å². The number of carbonyl (C=O) groups is 2. The van der Waals surface area contributed by atoms with E-state index in [0.29, 0.717) is 25.4 Å². The summed E-state index contributed by atoms with van der Waals surface area (Å²) in [6, 6.07) is 15.1. The van der Waals surface area contributed by atoms with Crippen LogP contribution < -0.4 is 15.4 Å². The number of ether oxygens (including phenoxy) is 1. The first-order valence-corrected chi connectivity index (χ1v) is 10.3. The second-order valence-corrected chi connectivity index (χ2v) is 7.72. The van der Waals surface area contributed by atoms with E-state index in [0.717, 1.165) is 42.6 Å². The lowest BCUT2D eigenvalue weighted by Crippen LogP contribution is -2.49. The Hall–Kier alpha value is -2.73. The fourth-order valence-corrected chi connectivity index (χ4v) is 4.26. The first kappa shape index (κ1) is 22.0. The number of nitrogen functional groups attached to an aromatic ring is 1. The van der Waals surface area contributed by atoms with Gasteiger partial charge in [0.2, 0.25) is 5.91 Å². The highest BCUT2D eigenvalue weighted by Gasteiger charge is 2.33. The molecular formula is C23H28ClN3O3. The van der Waals surface area contributed by atoms with Gasteiger partial charge in [0, 0.05) is 31.0 Å². The Morgan fingerprint density at radius 3 is 2.63 bits per heavy atom. The number of nitrogens with zero attached hydrogens (tertiary/aromatic N) is 2. The summed E-state index contributed by atoms with van der Waals surface area (Å²) >= 11 is 0. The molecule has 0 spiro atoms. The zero-order chi connectivity index (χ0) is 20.2. The zero-order valence-corrected chi connectivity index (χ0v) is 17.8. The van der Waals surface area contributed by atoms with Crippen molar-refractivity contribution in [3.8, 4) is 5.75 Å². The molecule has 1 fully saturated rings. The largest absolute Gasteiger partial charge is 0.484 e. The van der Waals surface area contributed by atoms with Crippen LogP contribution in [-0.4, -0.2) is 43.0 Å². The summed E-state index contributed by atoms with van der Waals surface area (Å²) in [5.41, 5.74) is 8.86. The topological polar surface area (TPSA) is 75.9 Å². The molecule has 0 saturated carbocycles. The lowest BCUT2D eigenvalue weighted by atomic mass is 9.93. The average molecular weight is 430 g/mol. The maximum atomic E-state index is 13.3. The summed E-state index contributed by atoms with van der Waals surface area (Å²) in [4.78, 5) is 29.5. The van der Waals surface area contributed by atoms with Crippen LogP contribution in [0, 0.1) is 5.92 Å². The van der Waals surface area contributed by atoms with Crippen LogP contribution in [0.1, 0.15) is 24.8 Å². The van der Waals surface area contributed by atoms with E-state index < -0.39 is 0 Å². The first-order valence-electron chi connectivity index (χ1n) is 10.3. The minimum Gasteiger partial charge on any atom is -0.484 e. The number of rotatable bonds is 4. The molecule has 1 saturated heterocycles. The predicted molar refractivity (Wildman–Crippen MR) is 120 cm³/mol. The molecule has 30 heavy (non-hydrogen) atoms. The summed E-state index contributed by atoms with van der Waals surface area (Å²) in [7, 11) is 0. The molecule has 2 aromatic rings. The molecule has 1 unspecified atom stereocenters. The molecule has 0 radical (unpaired) electrons. The van der Waals surface area contributed by atoms with Crippen molar-refractivity contribution < 1.29 is 14.3 Å². The molecule has 2 aromatic carbocycles. The van der Waals surface area contributed by atoms with Gasteiger partial charge < -0.3 is 20.3 Å². The fourth-order valence-electron chi connectivity index (χ4n) is 4.26. The van der Waals surface area contributed by atoms with E-state index in [4.69, 9.17) is 10.5 Å². The Bertz CT molecular complexity index is 891. The number of likely N-dealkylation sites (tertiary alicyclic amines) is 1. The van der Waals surface area contributed by atoms with Crippen molar-refractivity contribution in [3.63, 3.8) is 0 Å². The molecule has 2 N–H and O–H groups in total. The molecule has 7 heteroatoms. The van der Waals surface area contributed by atoms with Crippen molar-refractivity contribution >= 4 is 35.6 Å². The van der Waals surface area contributed by atoms with E-state index in [-0.39, 0.29) is 36.7 Å². The first-order chi connectivity index (χ1) is 14.1. The number of nitrogens with two attached hydrogens (primary N) is 1. The van der Waals surface area contributed by atoms with Gasteiger partial charge >= 0.3 is 0 Å². The number of piperidine rings is 1. The van der Waals surface area contributed by atoms with Gasteiger partial charge in [0.25, 0.3) is 5.91 Å². The predicted octanol–water partition coefficient (Wildman–Crippen LogP) is 3.29. The number of fused-ring (bicyclic) bond motifs is 1. The minimum absolute atomic E-state index is 0. The quantitative estimate of drug-likeness (QED) is 0.756. The number of amides is 2. The van der Waals surface area contributed by atoms with Crippen LogP contribution in [0.15, 0.2) is 48.5 Å². The minimum atomic E-state index is -0.184. The highest BCUT2D eigenvalue weighted by Crippen LogP contribution is 2.33. The smallest absolute Gasteiger partial charge is 0.260 e. The van der Waals surface area contributed by atoms with Crippen LogP contribution in [0.3, 0.4) is 0 Å². The third-order valence-corrected chi connectivity index (χ3v) is 5.78. The normalized spacial score (nSPS) is 18.2. The monoisotopic (exact) mass is 429 g/mol. The van der Waals surface area contributed by atoms with Crippen molar-refractivity contribution in [2.24, 2.45) is 5.92 Å². The van der Waals surface area contributed by atoms with Gasteiger partial charge in [-0.2, -0.15) is 0 Å². The maximum Gasteiger partial charge on any atom is 0.260 e.